The average molecular weight is 263 g/mol. The standard InChI is InChI=1S/C15H19ClN2/c1-10-6-5-9-13(10)18-14-8-4-3-7-12(14)17-15(18)11(2)16/h3-4,7-8,10-11,13H,5-6,9H2,1-2H3. The second kappa shape index (κ2) is 4.58. The van der Waals surface area contributed by atoms with Crippen molar-refractivity contribution >= 4 is 22.6 Å². The number of nitrogens with zero attached hydrogens (tertiary/aromatic N) is 2. The van der Waals surface area contributed by atoms with Crippen molar-refractivity contribution in [2.45, 2.75) is 44.5 Å². The number of benzene rings is 1. The molecule has 0 amide bonds. The van der Waals surface area contributed by atoms with E-state index >= 15 is 0 Å². The van der Waals surface area contributed by atoms with Crippen LogP contribution in [0.15, 0.2) is 24.3 Å². The van der Waals surface area contributed by atoms with Gasteiger partial charge in [-0.3, -0.25) is 0 Å². The zero-order valence-corrected chi connectivity index (χ0v) is 11.7. The smallest absolute Gasteiger partial charge is 0.127 e. The highest BCUT2D eigenvalue weighted by Crippen LogP contribution is 2.39. The highest BCUT2D eigenvalue weighted by Gasteiger charge is 2.29. The third-order valence-corrected chi connectivity index (χ3v) is 4.32. The first-order chi connectivity index (χ1) is 8.68. The Balaban J connectivity index is 2.21. The number of halogens is 1. The van der Waals surface area contributed by atoms with Crippen LogP contribution in [0, 0.1) is 5.92 Å². The molecule has 0 N–H and O–H groups in total. The Morgan fingerprint density at radius 1 is 1.33 bits per heavy atom. The number of para-hydroxylation sites is 2. The molecule has 0 bridgehead atoms. The summed E-state index contributed by atoms with van der Waals surface area (Å²) < 4.78 is 2.39. The molecule has 3 heteroatoms. The van der Waals surface area contributed by atoms with Crippen molar-refractivity contribution in [3.8, 4) is 0 Å². The summed E-state index contributed by atoms with van der Waals surface area (Å²) in [6, 6.07) is 8.93. The first kappa shape index (κ1) is 12.0. The Hall–Kier alpha value is -1.02. The molecule has 1 aliphatic carbocycles. The molecule has 1 aromatic heterocycles. The second-order valence-electron chi connectivity index (χ2n) is 5.42. The molecule has 1 heterocycles. The van der Waals surface area contributed by atoms with Gasteiger partial charge in [0.2, 0.25) is 0 Å². The van der Waals surface area contributed by atoms with Gasteiger partial charge in [0, 0.05) is 6.04 Å². The van der Waals surface area contributed by atoms with E-state index in [9.17, 15) is 0 Å². The van der Waals surface area contributed by atoms with Gasteiger partial charge in [0.05, 0.1) is 16.4 Å². The van der Waals surface area contributed by atoms with Gasteiger partial charge in [0.15, 0.2) is 0 Å². The van der Waals surface area contributed by atoms with E-state index in [0.29, 0.717) is 6.04 Å². The summed E-state index contributed by atoms with van der Waals surface area (Å²) in [4.78, 5) is 4.72. The molecular weight excluding hydrogens is 244 g/mol. The van der Waals surface area contributed by atoms with E-state index in [0.717, 1.165) is 17.3 Å². The summed E-state index contributed by atoms with van der Waals surface area (Å²) in [5.41, 5.74) is 2.30. The highest BCUT2D eigenvalue weighted by molar-refractivity contribution is 6.20. The summed E-state index contributed by atoms with van der Waals surface area (Å²) in [6.45, 7) is 4.36. The predicted octanol–water partition coefficient (Wildman–Crippen LogP) is 4.70. The third kappa shape index (κ3) is 1.83. The maximum atomic E-state index is 6.32. The normalized spacial score (nSPS) is 25.7. The lowest BCUT2D eigenvalue weighted by atomic mass is 10.1. The molecule has 1 saturated carbocycles. The summed E-state index contributed by atoms with van der Waals surface area (Å²) in [7, 11) is 0. The van der Waals surface area contributed by atoms with Crippen LogP contribution in [-0.4, -0.2) is 9.55 Å². The van der Waals surface area contributed by atoms with Crippen molar-refractivity contribution in [1.82, 2.24) is 9.55 Å². The zero-order chi connectivity index (χ0) is 12.7. The molecule has 96 valence electrons. The van der Waals surface area contributed by atoms with Gasteiger partial charge in [-0.25, -0.2) is 4.98 Å². The number of alkyl halides is 1. The molecule has 0 spiro atoms. The number of imidazole rings is 1. The summed E-state index contributed by atoms with van der Waals surface area (Å²) in [6.07, 6.45) is 3.87. The Bertz CT molecular complexity index is 559. The molecule has 1 fully saturated rings. The topological polar surface area (TPSA) is 17.8 Å². The molecule has 0 saturated heterocycles. The van der Waals surface area contributed by atoms with Crippen LogP contribution in [0.1, 0.15) is 50.4 Å². The molecule has 0 aliphatic heterocycles. The molecule has 2 nitrogen and oxygen atoms in total. The molecule has 0 radical (unpaired) electrons. The van der Waals surface area contributed by atoms with Crippen molar-refractivity contribution in [3.63, 3.8) is 0 Å². The largest absolute Gasteiger partial charge is 0.323 e. The molecule has 3 atom stereocenters. The van der Waals surface area contributed by atoms with E-state index < -0.39 is 0 Å². The lowest BCUT2D eigenvalue weighted by Crippen LogP contribution is -2.15. The summed E-state index contributed by atoms with van der Waals surface area (Å²) in [5, 5.41) is -0.0369. The van der Waals surface area contributed by atoms with E-state index in [2.05, 4.69) is 29.7 Å². The van der Waals surface area contributed by atoms with Gasteiger partial charge in [-0.15, -0.1) is 11.6 Å². The summed E-state index contributed by atoms with van der Waals surface area (Å²) >= 11 is 6.32. The third-order valence-electron chi connectivity index (χ3n) is 4.13. The van der Waals surface area contributed by atoms with Crippen molar-refractivity contribution < 1.29 is 0 Å². The van der Waals surface area contributed by atoms with Crippen LogP contribution in [0.25, 0.3) is 11.0 Å². The van der Waals surface area contributed by atoms with Crippen LogP contribution >= 0.6 is 11.6 Å². The van der Waals surface area contributed by atoms with Gasteiger partial charge < -0.3 is 4.57 Å². The van der Waals surface area contributed by atoms with Gasteiger partial charge in [-0.1, -0.05) is 25.5 Å². The molecule has 3 rings (SSSR count). The maximum Gasteiger partial charge on any atom is 0.127 e. The lowest BCUT2D eigenvalue weighted by molar-refractivity contribution is 0.405. The number of fused-ring (bicyclic) bond motifs is 1. The molecule has 1 aromatic carbocycles. The van der Waals surface area contributed by atoms with Crippen molar-refractivity contribution in [2.24, 2.45) is 5.92 Å². The Kier molecular flexibility index (Phi) is 3.06. The number of rotatable bonds is 2. The molecule has 18 heavy (non-hydrogen) atoms. The van der Waals surface area contributed by atoms with Gasteiger partial charge >= 0.3 is 0 Å². The van der Waals surface area contributed by atoms with E-state index in [-0.39, 0.29) is 5.38 Å². The van der Waals surface area contributed by atoms with Crippen LogP contribution in [-0.2, 0) is 0 Å². The van der Waals surface area contributed by atoms with Gasteiger partial charge in [-0.05, 0) is 37.8 Å². The maximum absolute atomic E-state index is 6.32. The molecule has 3 unspecified atom stereocenters. The van der Waals surface area contributed by atoms with E-state index in [4.69, 9.17) is 16.6 Å². The molecular formula is C15H19ClN2. The Morgan fingerprint density at radius 2 is 2.11 bits per heavy atom. The lowest BCUT2D eigenvalue weighted by Gasteiger charge is -2.21. The minimum atomic E-state index is -0.0369. The van der Waals surface area contributed by atoms with Gasteiger partial charge in [0.1, 0.15) is 5.82 Å². The van der Waals surface area contributed by atoms with Crippen LogP contribution in [0.5, 0.6) is 0 Å². The fourth-order valence-electron chi connectivity index (χ4n) is 3.20. The fraction of sp³-hybridized carbons (Fsp3) is 0.533. The van der Waals surface area contributed by atoms with Crippen molar-refractivity contribution in [2.75, 3.05) is 0 Å². The minimum absolute atomic E-state index is 0.0369. The minimum Gasteiger partial charge on any atom is -0.323 e. The Labute approximate surface area is 113 Å². The van der Waals surface area contributed by atoms with Gasteiger partial charge in [0.25, 0.3) is 0 Å². The van der Waals surface area contributed by atoms with Crippen LogP contribution in [0.2, 0.25) is 0 Å². The molecule has 1 aliphatic rings. The van der Waals surface area contributed by atoms with Crippen LogP contribution in [0.3, 0.4) is 0 Å². The fourth-order valence-corrected chi connectivity index (χ4v) is 3.36. The molecule has 2 aromatic rings. The van der Waals surface area contributed by atoms with Crippen LogP contribution < -0.4 is 0 Å². The van der Waals surface area contributed by atoms with Gasteiger partial charge in [-0.2, -0.15) is 0 Å². The highest BCUT2D eigenvalue weighted by atomic mass is 35.5. The monoisotopic (exact) mass is 262 g/mol. The van der Waals surface area contributed by atoms with E-state index in [1.54, 1.807) is 0 Å². The van der Waals surface area contributed by atoms with E-state index in [1.807, 2.05) is 13.0 Å². The zero-order valence-electron chi connectivity index (χ0n) is 10.9. The average Bonchev–Trinajstić information content (AvgIpc) is 2.92. The SMILES string of the molecule is CC(Cl)c1nc2ccccc2n1C1CCCC1C. The first-order valence-electron chi connectivity index (χ1n) is 6.79. The Morgan fingerprint density at radius 3 is 2.78 bits per heavy atom. The second-order valence-corrected chi connectivity index (χ2v) is 6.07. The quantitative estimate of drug-likeness (QED) is 0.718. The van der Waals surface area contributed by atoms with E-state index in [1.165, 1.54) is 24.8 Å². The first-order valence-corrected chi connectivity index (χ1v) is 7.23. The summed E-state index contributed by atoms with van der Waals surface area (Å²) in [5.74, 6) is 1.74. The number of hydrogen-bond donors (Lipinski definition) is 0. The van der Waals surface area contributed by atoms with Crippen molar-refractivity contribution in [3.05, 3.63) is 30.1 Å². The van der Waals surface area contributed by atoms with Crippen LogP contribution in [0.4, 0.5) is 0 Å². The predicted molar refractivity (Wildman–Crippen MR) is 76.1 cm³/mol. The van der Waals surface area contributed by atoms with Crippen molar-refractivity contribution in [1.29, 1.82) is 0 Å². The number of hydrogen-bond acceptors (Lipinski definition) is 1. The number of aromatic nitrogens is 2.